The number of aryl methyl sites for hydroxylation is 2. The van der Waals surface area contributed by atoms with Gasteiger partial charge in [0.05, 0.1) is 6.21 Å². The topological polar surface area (TPSA) is 35.4 Å². The van der Waals surface area contributed by atoms with E-state index in [-0.39, 0.29) is 0 Å². The molecule has 0 saturated heterocycles. The van der Waals surface area contributed by atoms with Gasteiger partial charge < -0.3 is 4.55 Å². The summed E-state index contributed by atoms with van der Waals surface area (Å²) in [6, 6.07) is 24.4. The highest BCUT2D eigenvalue weighted by Gasteiger charge is 2.08. The number of nitrogens with zero attached hydrogens (tertiary/aromatic N) is 1. The van der Waals surface area contributed by atoms with Crippen molar-refractivity contribution in [3.63, 3.8) is 0 Å². The van der Waals surface area contributed by atoms with Crippen LogP contribution in [-0.2, 0) is 17.8 Å². The Hall–Kier alpha value is -2.36. The fraction of sp³-hybridized carbons (Fsp3) is 0.136. The molecule has 3 aromatic rings. The van der Waals surface area contributed by atoms with Gasteiger partial charge in [-0.1, -0.05) is 76.2 Å². The van der Waals surface area contributed by atoms with E-state index < -0.39 is 11.4 Å². The maximum absolute atomic E-state index is 12.2. The molecule has 0 aliphatic rings. The summed E-state index contributed by atoms with van der Waals surface area (Å²) in [4.78, 5) is 0.720. The summed E-state index contributed by atoms with van der Waals surface area (Å²) in [5.74, 6) is 0. The van der Waals surface area contributed by atoms with Gasteiger partial charge in [-0.05, 0) is 49.1 Å². The summed E-state index contributed by atoms with van der Waals surface area (Å²) in [5.41, 5.74) is 5.92. The molecule has 126 valence electrons. The molecule has 0 heterocycles. The summed E-state index contributed by atoms with van der Waals surface area (Å²) in [5, 5.41) is 0. The molecule has 0 spiro atoms. The van der Waals surface area contributed by atoms with Gasteiger partial charge in [-0.2, -0.15) is 0 Å². The van der Waals surface area contributed by atoms with E-state index in [9.17, 15) is 4.55 Å². The lowest BCUT2D eigenvalue weighted by Crippen LogP contribution is -1.98. The molecular weight excluding hydrogens is 326 g/mol. The van der Waals surface area contributed by atoms with Crippen LogP contribution in [0.3, 0.4) is 0 Å². The molecule has 2 nitrogen and oxygen atoms in total. The van der Waals surface area contributed by atoms with Crippen LogP contribution in [0.4, 0.5) is 0 Å². The van der Waals surface area contributed by atoms with Crippen molar-refractivity contribution in [1.29, 1.82) is 0 Å². The van der Waals surface area contributed by atoms with E-state index in [2.05, 4.69) is 47.7 Å². The molecule has 0 aromatic heterocycles. The fourth-order valence-electron chi connectivity index (χ4n) is 2.49. The Morgan fingerprint density at radius 3 is 1.80 bits per heavy atom. The van der Waals surface area contributed by atoms with E-state index in [0.29, 0.717) is 0 Å². The predicted molar refractivity (Wildman–Crippen MR) is 106 cm³/mol. The first-order chi connectivity index (χ1) is 12.1. The molecule has 0 radical (unpaired) electrons. The van der Waals surface area contributed by atoms with Crippen LogP contribution in [0.2, 0.25) is 0 Å². The van der Waals surface area contributed by atoms with Crippen LogP contribution in [-0.4, -0.2) is 10.8 Å². The Morgan fingerprint density at radius 2 is 1.24 bits per heavy atom. The van der Waals surface area contributed by atoms with Crippen molar-refractivity contribution >= 4 is 17.6 Å². The smallest absolute Gasteiger partial charge is 0.182 e. The van der Waals surface area contributed by atoms with E-state index in [0.717, 1.165) is 22.4 Å². The van der Waals surface area contributed by atoms with Crippen molar-refractivity contribution in [1.82, 2.24) is 0 Å². The van der Waals surface area contributed by atoms with Crippen molar-refractivity contribution < 1.29 is 4.55 Å². The molecular formula is C22H21NOS. The van der Waals surface area contributed by atoms with Gasteiger partial charge in [-0.3, -0.25) is 0 Å². The van der Waals surface area contributed by atoms with E-state index in [1.165, 1.54) is 16.7 Å². The van der Waals surface area contributed by atoms with Gasteiger partial charge in [-0.25, -0.2) is 0 Å². The highest BCUT2D eigenvalue weighted by molar-refractivity contribution is 7.90. The zero-order valence-corrected chi connectivity index (χ0v) is 15.3. The molecule has 0 saturated carbocycles. The quantitative estimate of drug-likeness (QED) is 0.470. The fourth-order valence-corrected chi connectivity index (χ4v) is 3.20. The largest absolute Gasteiger partial charge is 0.586 e. The van der Waals surface area contributed by atoms with Crippen molar-refractivity contribution in [3.8, 4) is 0 Å². The minimum atomic E-state index is -1.36. The first-order valence-corrected chi connectivity index (χ1v) is 9.38. The number of rotatable bonds is 5. The van der Waals surface area contributed by atoms with Gasteiger partial charge >= 0.3 is 0 Å². The maximum Gasteiger partial charge on any atom is 0.182 e. The summed E-state index contributed by atoms with van der Waals surface area (Å²) < 4.78 is 16.3. The highest BCUT2D eigenvalue weighted by atomic mass is 32.2. The van der Waals surface area contributed by atoms with Crippen LogP contribution in [0.15, 0.2) is 82.1 Å². The van der Waals surface area contributed by atoms with Crippen LogP contribution >= 0.6 is 0 Å². The van der Waals surface area contributed by atoms with Crippen LogP contribution in [0.1, 0.15) is 27.8 Å². The first-order valence-electron chi connectivity index (χ1n) is 8.27. The van der Waals surface area contributed by atoms with Crippen molar-refractivity contribution in [3.05, 3.63) is 101 Å². The summed E-state index contributed by atoms with van der Waals surface area (Å²) in [6.45, 7) is 4.10. The van der Waals surface area contributed by atoms with Gasteiger partial charge in [-0.15, -0.1) is 0 Å². The van der Waals surface area contributed by atoms with Gasteiger partial charge in [0.25, 0.3) is 0 Å². The van der Waals surface area contributed by atoms with Crippen molar-refractivity contribution in [2.45, 2.75) is 25.2 Å². The number of hydrogen-bond acceptors (Lipinski definition) is 2. The third kappa shape index (κ3) is 5.05. The molecule has 0 aliphatic heterocycles. The van der Waals surface area contributed by atoms with Crippen molar-refractivity contribution in [2.75, 3.05) is 0 Å². The standard InChI is InChI=1S/C22H21NOS/c1-17-3-7-19(8-4-17)15-20-9-11-21(12-10-20)16-23-25(24)22-13-5-18(2)6-14-22/h3-14,16H,15H2,1-2H3/t25-/m1/s1. The van der Waals surface area contributed by atoms with Gasteiger partial charge in [0, 0.05) is 0 Å². The van der Waals surface area contributed by atoms with E-state index in [1.807, 2.05) is 43.3 Å². The normalized spacial score (nSPS) is 12.4. The summed E-state index contributed by atoms with van der Waals surface area (Å²) in [7, 11) is 0. The Morgan fingerprint density at radius 1 is 0.760 bits per heavy atom. The average molecular weight is 347 g/mol. The number of hydrogen-bond donors (Lipinski definition) is 0. The Labute approximate surface area is 152 Å². The molecule has 25 heavy (non-hydrogen) atoms. The monoisotopic (exact) mass is 347 g/mol. The van der Waals surface area contributed by atoms with E-state index in [4.69, 9.17) is 0 Å². The highest BCUT2D eigenvalue weighted by Crippen LogP contribution is 2.14. The molecule has 0 bridgehead atoms. The molecule has 3 heteroatoms. The Balaban J connectivity index is 1.63. The van der Waals surface area contributed by atoms with E-state index in [1.54, 1.807) is 6.21 Å². The molecule has 0 N–H and O–H groups in total. The average Bonchev–Trinajstić information content (AvgIpc) is 2.63. The second kappa shape index (κ2) is 8.15. The van der Waals surface area contributed by atoms with Crippen LogP contribution < -0.4 is 0 Å². The van der Waals surface area contributed by atoms with Crippen LogP contribution in [0, 0.1) is 13.8 Å². The zero-order valence-electron chi connectivity index (χ0n) is 14.5. The molecule has 0 aliphatic carbocycles. The number of benzene rings is 3. The van der Waals surface area contributed by atoms with Gasteiger partial charge in [0.2, 0.25) is 0 Å². The lowest BCUT2D eigenvalue weighted by molar-refractivity contribution is 0.597. The van der Waals surface area contributed by atoms with Crippen LogP contribution in [0.5, 0.6) is 0 Å². The van der Waals surface area contributed by atoms with Crippen molar-refractivity contribution in [2.24, 2.45) is 4.40 Å². The zero-order chi connectivity index (χ0) is 17.6. The molecule has 3 aromatic carbocycles. The van der Waals surface area contributed by atoms with Crippen LogP contribution in [0.25, 0.3) is 0 Å². The molecule has 0 amide bonds. The Kier molecular flexibility index (Phi) is 5.69. The van der Waals surface area contributed by atoms with Gasteiger partial charge in [0.1, 0.15) is 11.4 Å². The second-order valence-corrected chi connectivity index (χ2v) is 7.38. The summed E-state index contributed by atoms with van der Waals surface area (Å²) >= 11 is -1.36. The third-order valence-electron chi connectivity index (χ3n) is 4.03. The van der Waals surface area contributed by atoms with E-state index >= 15 is 0 Å². The maximum atomic E-state index is 12.2. The molecule has 0 fully saturated rings. The predicted octanol–water partition coefficient (Wildman–Crippen LogP) is 5.04. The molecule has 1 atom stereocenters. The lowest BCUT2D eigenvalue weighted by atomic mass is 10.0. The molecule has 3 rings (SSSR count). The minimum absolute atomic E-state index is 0.720. The summed E-state index contributed by atoms with van der Waals surface area (Å²) in [6.07, 6.45) is 2.58. The SMILES string of the molecule is Cc1ccc(Cc2ccc(C=N[S@+]([O-])c3ccc(C)cc3)cc2)cc1. The first kappa shape index (κ1) is 17.5. The molecule has 0 unspecified atom stereocenters. The lowest BCUT2D eigenvalue weighted by Gasteiger charge is -2.04. The Bertz CT molecular complexity index is 837. The van der Waals surface area contributed by atoms with Gasteiger partial charge in [0.15, 0.2) is 4.90 Å². The minimum Gasteiger partial charge on any atom is -0.586 e. The third-order valence-corrected chi connectivity index (χ3v) is 5.00. The second-order valence-electron chi connectivity index (χ2n) is 6.20.